The Morgan fingerprint density at radius 2 is 1.78 bits per heavy atom. The van der Waals surface area contributed by atoms with Crippen LogP contribution in [0.4, 0.5) is 0 Å². The van der Waals surface area contributed by atoms with Crippen molar-refractivity contribution in [3.63, 3.8) is 0 Å². The Morgan fingerprint density at radius 3 is 2.35 bits per heavy atom. The molecule has 1 amide bonds. The molecule has 0 spiro atoms. The van der Waals surface area contributed by atoms with E-state index in [0.717, 1.165) is 6.54 Å². The van der Waals surface area contributed by atoms with Gasteiger partial charge in [-0.15, -0.1) is 24.8 Å². The molecule has 2 bridgehead atoms. The largest absolute Gasteiger partial charge is 0.356 e. The third-order valence-corrected chi connectivity index (χ3v) is 6.10. The van der Waals surface area contributed by atoms with Crippen LogP contribution in [0.25, 0.3) is 0 Å². The summed E-state index contributed by atoms with van der Waals surface area (Å²) in [5.74, 6) is 2.19. The predicted molar refractivity (Wildman–Crippen MR) is 99.3 cm³/mol. The van der Waals surface area contributed by atoms with Gasteiger partial charge in [0, 0.05) is 12.6 Å². The Hall–Kier alpha value is -0.0300. The minimum Gasteiger partial charge on any atom is -0.356 e. The second-order valence-corrected chi connectivity index (χ2v) is 7.47. The highest BCUT2D eigenvalue weighted by Crippen LogP contribution is 2.47. The SMILES string of the molecule is CCCN1CCC(CNC(=O)C2C3CCC(C3)C2N)CC1.Cl.Cl. The first-order valence-corrected chi connectivity index (χ1v) is 8.94. The van der Waals surface area contributed by atoms with E-state index in [1.54, 1.807) is 0 Å². The lowest BCUT2D eigenvalue weighted by molar-refractivity contribution is -0.127. The van der Waals surface area contributed by atoms with Gasteiger partial charge < -0.3 is 16.0 Å². The molecule has 1 aliphatic heterocycles. The number of nitrogens with two attached hydrogens (primary N) is 1. The average molecular weight is 366 g/mol. The number of halogens is 2. The fraction of sp³-hybridized carbons (Fsp3) is 0.941. The molecule has 0 aromatic heterocycles. The third kappa shape index (κ3) is 4.75. The number of nitrogens with one attached hydrogen (secondary N) is 1. The first kappa shape index (κ1) is 21.0. The Kier molecular flexibility index (Phi) is 8.64. The van der Waals surface area contributed by atoms with Crippen LogP contribution in [-0.2, 0) is 4.79 Å². The van der Waals surface area contributed by atoms with Crippen molar-refractivity contribution >= 4 is 30.7 Å². The van der Waals surface area contributed by atoms with Crippen LogP contribution in [-0.4, -0.2) is 43.0 Å². The van der Waals surface area contributed by atoms with Crippen LogP contribution < -0.4 is 11.1 Å². The molecule has 4 atom stereocenters. The Bertz CT molecular complexity index is 373. The molecule has 2 aliphatic carbocycles. The van der Waals surface area contributed by atoms with Crippen LogP contribution in [0.3, 0.4) is 0 Å². The highest BCUT2D eigenvalue weighted by Gasteiger charge is 2.48. The second kappa shape index (κ2) is 9.45. The van der Waals surface area contributed by atoms with Gasteiger partial charge in [0.15, 0.2) is 0 Å². The first-order valence-electron chi connectivity index (χ1n) is 8.94. The van der Waals surface area contributed by atoms with E-state index < -0.39 is 0 Å². The zero-order chi connectivity index (χ0) is 14.8. The first-order chi connectivity index (χ1) is 10.2. The van der Waals surface area contributed by atoms with Gasteiger partial charge in [-0.05, 0) is 75.9 Å². The van der Waals surface area contributed by atoms with Gasteiger partial charge in [0.25, 0.3) is 0 Å². The molecule has 0 aromatic rings. The number of carbonyl (C=O) groups excluding carboxylic acids is 1. The van der Waals surface area contributed by atoms with Crippen LogP contribution in [0.5, 0.6) is 0 Å². The fourth-order valence-electron chi connectivity index (χ4n) is 4.82. The molecule has 4 unspecified atom stereocenters. The summed E-state index contributed by atoms with van der Waals surface area (Å²) in [7, 11) is 0. The van der Waals surface area contributed by atoms with Crippen molar-refractivity contribution in [2.24, 2.45) is 29.4 Å². The van der Waals surface area contributed by atoms with Crippen LogP contribution >= 0.6 is 24.8 Å². The van der Waals surface area contributed by atoms with Crippen molar-refractivity contribution in [3.05, 3.63) is 0 Å². The van der Waals surface area contributed by atoms with Gasteiger partial charge in [0.2, 0.25) is 5.91 Å². The molecule has 3 fully saturated rings. The van der Waals surface area contributed by atoms with Crippen molar-refractivity contribution < 1.29 is 4.79 Å². The van der Waals surface area contributed by atoms with E-state index in [2.05, 4.69) is 17.1 Å². The van der Waals surface area contributed by atoms with Gasteiger partial charge >= 0.3 is 0 Å². The lowest BCUT2D eigenvalue weighted by Crippen LogP contribution is -2.47. The van der Waals surface area contributed by atoms with Crippen LogP contribution in [0, 0.1) is 23.7 Å². The summed E-state index contributed by atoms with van der Waals surface area (Å²) in [5.41, 5.74) is 6.26. The van der Waals surface area contributed by atoms with E-state index in [0.29, 0.717) is 17.8 Å². The standard InChI is InChI=1S/C17H31N3O.2ClH/c1-2-7-20-8-5-12(6-9-20)11-19-17(21)15-13-3-4-14(10-13)16(15)18;;/h12-16H,2-11,18H2,1H3,(H,19,21);2*1H. The van der Waals surface area contributed by atoms with E-state index in [-0.39, 0.29) is 42.7 Å². The van der Waals surface area contributed by atoms with Crippen molar-refractivity contribution in [3.8, 4) is 0 Å². The molecule has 6 heteroatoms. The minimum absolute atomic E-state index is 0. The summed E-state index contributed by atoms with van der Waals surface area (Å²) in [4.78, 5) is 15.0. The normalized spacial score (nSPS) is 33.8. The molecule has 1 saturated heterocycles. The number of likely N-dealkylation sites (tertiary alicyclic amines) is 1. The summed E-state index contributed by atoms with van der Waals surface area (Å²) < 4.78 is 0. The average Bonchev–Trinajstić information content (AvgIpc) is 3.07. The smallest absolute Gasteiger partial charge is 0.224 e. The minimum atomic E-state index is 0. The molecular weight excluding hydrogens is 333 g/mol. The number of amides is 1. The maximum Gasteiger partial charge on any atom is 0.224 e. The van der Waals surface area contributed by atoms with E-state index in [4.69, 9.17) is 5.73 Å². The highest BCUT2D eigenvalue weighted by molar-refractivity contribution is 5.85. The molecule has 136 valence electrons. The van der Waals surface area contributed by atoms with Gasteiger partial charge in [-0.2, -0.15) is 0 Å². The molecule has 23 heavy (non-hydrogen) atoms. The van der Waals surface area contributed by atoms with E-state index in [1.807, 2.05) is 0 Å². The van der Waals surface area contributed by atoms with Crippen molar-refractivity contribution in [2.45, 2.75) is 51.5 Å². The van der Waals surface area contributed by atoms with Gasteiger partial charge in [-0.3, -0.25) is 4.79 Å². The lowest BCUT2D eigenvalue weighted by Gasteiger charge is -2.32. The summed E-state index contributed by atoms with van der Waals surface area (Å²) in [6, 6.07) is 0.121. The number of rotatable bonds is 5. The maximum atomic E-state index is 12.5. The predicted octanol–water partition coefficient (Wildman–Crippen LogP) is 2.44. The molecule has 3 aliphatic rings. The molecule has 3 rings (SSSR count). The number of hydrogen-bond donors (Lipinski definition) is 2. The molecule has 4 nitrogen and oxygen atoms in total. The second-order valence-electron chi connectivity index (χ2n) is 7.47. The number of nitrogens with zero attached hydrogens (tertiary/aromatic N) is 1. The zero-order valence-corrected chi connectivity index (χ0v) is 15.8. The summed E-state index contributed by atoms with van der Waals surface area (Å²) in [6.45, 7) is 6.72. The van der Waals surface area contributed by atoms with Gasteiger partial charge in [0.1, 0.15) is 0 Å². The zero-order valence-electron chi connectivity index (χ0n) is 14.2. The number of piperidine rings is 1. The molecule has 1 heterocycles. The number of fused-ring (bicyclic) bond motifs is 2. The maximum absolute atomic E-state index is 12.5. The van der Waals surface area contributed by atoms with Crippen molar-refractivity contribution in [2.75, 3.05) is 26.2 Å². The van der Waals surface area contributed by atoms with E-state index in [9.17, 15) is 4.79 Å². The fourth-order valence-corrected chi connectivity index (χ4v) is 4.82. The summed E-state index contributed by atoms with van der Waals surface area (Å²) >= 11 is 0. The van der Waals surface area contributed by atoms with Gasteiger partial charge in [-0.25, -0.2) is 0 Å². The Labute approximate surface area is 153 Å². The Balaban J connectivity index is 0.00000132. The van der Waals surface area contributed by atoms with E-state index >= 15 is 0 Å². The molecule has 0 radical (unpaired) electrons. The van der Waals surface area contributed by atoms with Crippen molar-refractivity contribution in [1.29, 1.82) is 0 Å². The highest BCUT2D eigenvalue weighted by atomic mass is 35.5. The van der Waals surface area contributed by atoms with Crippen molar-refractivity contribution in [1.82, 2.24) is 10.2 Å². The Morgan fingerprint density at radius 1 is 1.13 bits per heavy atom. The van der Waals surface area contributed by atoms with Crippen LogP contribution in [0.2, 0.25) is 0 Å². The monoisotopic (exact) mass is 365 g/mol. The molecular formula is C17H33Cl2N3O. The van der Waals surface area contributed by atoms with Crippen LogP contribution in [0.1, 0.15) is 45.4 Å². The summed E-state index contributed by atoms with van der Waals surface area (Å²) in [5, 5.41) is 3.22. The topological polar surface area (TPSA) is 58.4 Å². The molecule has 2 saturated carbocycles. The van der Waals surface area contributed by atoms with Gasteiger partial charge in [-0.1, -0.05) is 6.92 Å². The summed E-state index contributed by atoms with van der Waals surface area (Å²) in [6.07, 6.45) is 7.33. The number of hydrogen-bond acceptors (Lipinski definition) is 3. The molecule has 0 aromatic carbocycles. The third-order valence-electron chi connectivity index (χ3n) is 6.10. The van der Waals surface area contributed by atoms with Gasteiger partial charge in [0.05, 0.1) is 5.92 Å². The number of carbonyl (C=O) groups is 1. The quantitative estimate of drug-likeness (QED) is 0.786. The van der Waals surface area contributed by atoms with Crippen LogP contribution in [0.15, 0.2) is 0 Å². The molecule has 3 N–H and O–H groups in total. The lowest BCUT2D eigenvalue weighted by atomic mass is 9.84. The van der Waals surface area contributed by atoms with E-state index in [1.165, 1.54) is 58.2 Å².